The van der Waals surface area contributed by atoms with Crippen LogP contribution in [0, 0.1) is 0 Å². The summed E-state index contributed by atoms with van der Waals surface area (Å²) in [7, 11) is 0. The van der Waals surface area contributed by atoms with Crippen LogP contribution in [0.15, 0.2) is 12.2 Å². The fourth-order valence-corrected chi connectivity index (χ4v) is 0.200. The van der Waals surface area contributed by atoms with E-state index in [-0.39, 0.29) is 0 Å². The fourth-order valence-electron chi connectivity index (χ4n) is 0.137. The smallest absolute Gasteiger partial charge is 0.328 e. The molecule has 0 fully saturated rings. The maximum Gasteiger partial charge on any atom is 0.328 e. The van der Waals surface area contributed by atoms with Gasteiger partial charge in [-0.3, -0.25) is 4.79 Å². The molecule has 8 heavy (non-hydrogen) atoms. The van der Waals surface area contributed by atoms with Gasteiger partial charge < -0.3 is 5.11 Å². The largest absolute Gasteiger partial charge is 0.478 e. The Balaban J connectivity index is 3.67. The second-order valence-electron chi connectivity index (χ2n) is 0.976. The first kappa shape index (κ1) is 7.17. The summed E-state index contributed by atoms with van der Waals surface area (Å²) in [6.07, 6.45) is 1.44. The minimum absolute atomic E-state index is 0.676. The second-order valence-corrected chi connectivity index (χ2v) is 1.35. The fraction of sp³-hybridized carbons (Fsp3) is 0. The molecule has 1 N–H and O–H groups in total. The molecule has 0 rings (SSSR count). The van der Waals surface area contributed by atoms with Crippen LogP contribution in [0.1, 0.15) is 0 Å². The quantitative estimate of drug-likeness (QED) is 0.439. The molecule has 0 radical (unpaired) electrons. The molecule has 0 saturated heterocycles. The van der Waals surface area contributed by atoms with Crippen molar-refractivity contribution in [1.82, 2.24) is 0 Å². The lowest BCUT2D eigenvalue weighted by molar-refractivity contribution is -0.131. The first-order chi connectivity index (χ1) is 3.63. The summed E-state index contributed by atoms with van der Waals surface area (Å²) in [5.41, 5.74) is 0. The van der Waals surface area contributed by atoms with Crippen LogP contribution in [0.25, 0.3) is 0 Å². The Morgan fingerprint density at radius 2 is 1.88 bits per heavy atom. The Bertz CT molecular complexity index is 122. The van der Waals surface area contributed by atoms with Gasteiger partial charge in [0.15, 0.2) is 0 Å². The SMILES string of the molecule is O=C(O)/C=C/C(=O)Cl. The number of carboxylic acid groups (broad SMARTS) is 1. The third-order valence-corrected chi connectivity index (χ3v) is 0.483. The molecule has 0 aromatic carbocycles. The van der Waals surface area contributed by atoms with Crippen LogP contribution in [0.5, 0.6) is 0 Å². The number of carbonyl (C=O) groups excluding carboxylic acids is 1. The Labute approximate surface area is 50.6 Å². The number of hydrogen-bond donors (Lipinski definition) is 1. The summed E-state index contributed by atoms with van der Waals surface area (Å²) >= 11 is 4.73. The maximum absolute atomic E-state index is 9.76. The topological polar surface area (TPSA) is 54.4 Å². The van der Waals surface area contributed by atoms with Gasteiger partial charge in [0.2, 0.25) is 5.24 Å². The minimum atomic E-state index is -1.18. The summed E-state index contributed by atoms with van der Waals surface area (Å²) in [4.78, 5) is 19.4. The monoisotopic (exact) mass is 134 g/mol. The average Bonchev–Trinajstić information content (AvgIpc) is 1.61. The van der Waals surface area contributed by atoms with Crippen molar-refractivity contribution in [2.24, 2.45) is 0 Å². The second kappa shape index (κ2) is 3.21. The average molecular weight is 135 g/mol. The van der Waals surface area contributed by atoms with Crippen molar-refractivity contribution in [1.29, 1.82) is 0 Å². The molecule has 0 heterocycles. The van der Waals surface area contributed by atoms with Crippen LogP contribution >= 0.6 is 11.6 Å². The van der Waals surface area contributed by atoms with Gasteiger partial charge in [-0.25, -0.2) is 4.79 Å². The van der Waals surface area contributed by atoms with E-state index in [1.165, 1.54) is 0 Å². The standard InChI is InChI=1S/C4H3ClO3/c5-3(6)1-2-4(7)8/h1-2H,(H,7,8)/b2-1+. The van der Waals surface area contributed by atoms with Crippen molar-refractivity contribution in [2.75, 3.05) is 0 Å². The summed E-state index contributed by atoms with van der Waals surface area (Å²) in [6, 6.07) is 0. The van der Waals surface area contributed by atoms with Crippen molar-refractivity contribution in [3.8, 4) is 0 Å². The Kier molecular flexibility index (Phi) is 2.88. The van der Waals surface area contributed by atoms with Gasteiger partial charge in [-0.15, -0.1) is 0 Å². The predicted octanol–water partition coefficient (Wildman–Crippen LogP) is 0.393. The van der Waals surface area contributed by atoms with Crippen molar-refractivity contribution in [3.05, 3.63) is 12.2 Å². The first-order valence-corrected chi connectivity index (χ1v) is 2.11. The maximum atomic E-state index is 9.76. The molecule has 0 aliphatic rings. The predicted molar refractivity (Wildman–Crippen MR) is 27.6 cm³/mol. The zero-order chi connectivity index (χ0) is 6.57. The summed E-state index contributed by atoms with van der Waals surface area (Å²) < 4.78 is 0. The number of allylic oxidation sites excluding steroid dienone is 1. The van der Waals surface area contributed by atoms with Crippen LogP contribution in [0.3, 0.4) is 0 Å². The van der Waals surface area contributed by atoms with Crippen LogP contribution in [0.4, 0.5) is 0 Å². The molecule has 4 heteroatoms. The molecule has 0 spiro atoms. The van der Waals surface area contributed by atoms with Crippen LogP contribution in [-0.2, 0) is 9.59 Å². The molecular weight excluding hydrogens is 131 g/mol. The van der Waals surface area contributed by atoms with E-state index in [2.05, 4.69) is 0 Å². The number of rotatable bonds is 2. The van der Waals surface area contributed by atoms with Crippen LogP contribution in [0.2, 0.25) is 0 Å². The van der Waals surface area contributed by atoms with E-state index in [1.54, 1.807) is 0 Å². The van der Waals surface area contributed by atoms with Gasteiger partial charge in [-0.05, 0) is 11.6 Å². The lowest BCUT2D eigenvalue weighted by Gasteiger charge is -1.72. The molecule has 44 valence electrons. The Morgan fingerprint density at radius 3 is 2.00 bits per heavy atom. The highest BCUT2D eigenvalue weighted by atomic mass is 35.5. The number of carboxylic acids is 1. The first-order valence-electron chi connectivity index (χ1n) is 1.73. The zero-order valence-electron chi connectivity index (χ0n) is 3.80. The van der Waals surface area contributed by atoms with E-state index >= 15 is 0 Å². The van der Waals surface area contributed by atoms with Gasteiger partial charge in [0.1, 0.15) is 0 Å². The van der Waals surface area contributed by atoms with Crippen molar-refractivity contribution in [3.63, 3.8) is 0 Å². The van der Waals surface area contributed by atoms with Gasteiger partial charge in [0.05, 0.1) is 0 Å². The van der Waals surface area contributed by atoms with Crippen LogP contribution in [-0.4, -0.2) is 16.3 Å². The molecule has 0 aliphatic heterocycles. The third kappa shape index (κ3) is 5.17. The highest BCUT2D eigenvalue weighted by Gasteiger charge is 1.87. The number of carbonyl (C=O) groups is 2. The van der Waals surface area contributed by atoms with Gasteiger partial charge in [0.25, 0.3) is 0 Å². The number of halogens is 1. The van der Waals surface area contributed by atoms with E-state index in [0.717, 1.165) is 6.08 Å². The Morgan fingerprint density at radius 1 is 1.38 bits per heavy atom. The lowest BCUT2D eigenvalue weighted by Crippen LogP contribution is -1.87. The van der Waals surface area contributed by atoms with E-state index in [9.17, 15) is 9.59 Å². The van der Waals surface area contributed by atoms with Gasteiger partial charge in [0, 0.05) is 12.2 Å². The molecule has 0 amide bonds. The van der Waals surface area contributed by atoms with Gasteiger partial charge >= 0.3 is 5.97 Å². The summed E-state index contributed by atoms with van der Waals surface area (Å²) in [5.74, 6) is -1.18. The zero-order valence-corrected chi connectivity index (χ0v) is 4.55. The van der Waals surface area contributed by atoms with Crippen molar-refractivity contribution in [2.45, 2.75) is 0 Å². The molecular formula is C4H3ClO3. The molecule has 0 aromatic rings. The lowest BCUT2D eigenvalue weighted by atomic mass is 10.5. The molecule has 0 aliphatic carbocycles. The van der Waals surface area contributed by atoms with E-state index < -0.39 is 11.2 Å². The minimum Gasteiger partial charge on any atom is -0.478 e. The summed E-state index contributed by atoms with van der Waals surface area (Å²) in [6.45, 7) is 0. The molecule has 0 aromatic heterocycles. The van der Waals surface area contributed by atoms with Crippen LogP contribution < -0.4 is 0 Å². The summed E-state index contributed by atoms with van der Waals surface area (Å²) in [5, 5.41) is 7.08. The number of aliphatic carboxylic acids is 1. The highest BCUT2D eigenvalue weighted by Crippen LogP contribution is 1.80. The number of hydrogen-bond acceptors (Lipinski definition) is 2. The van der Waals surface area contributed by atoms with E-state index in [0.29, 0.717) is 6.08 Å². The van der Waals surface area contributed by atoms with E-state index in [4.69, 9.17) is 16.7 Å². The van der Waals surface area contributed by atoms with Gasteiger partial charge in [-0.1, -0.05) is 0 Å². The highest BCUT2D eigenvalue weighted by molar-refractivity contribution is 6.66. The normalized spacial score (nSPS) is 9.62. The third-order valence-electron chi connectivity index (χ3n) is 0.357. The molecule has 0 atom stereocenters. The van der Waals surface area contributed by atoms with Gasteiger partial charge in [-0.2, -0.15) is 0 Å². The molecule has 0 saturated carbocycles. The van der Waals surface area contributed by atoms with E-state index in [1.807, 2.05) is 0 Å². The molecule has 0 unspecified atom stereocenters. The molecule has 0 bridgehead atoms. The van der Waals surface area contributed by atoms with Crippen molar-refractivity contribution >= 4 is 22.8 Å². The van der Waals surface area contributed by atoms with Crippen molar-refractivity contribution < 1.29 is 14.7 Å². The molecule has 3 nitrogen and oxygen atoms in total. The Hall–Kier alpha value is -0.830.